The molecule has 0 aliphatic carbocycles. The standard InChI is InChI=1S/C13H15NO4/c1-18-13(17)7-5-10-4-2-9(8-11(10)14)3-6-12(15)16/h2-4,6,8H,5,7,14H2,1H3,(H,15,16)/b6-3+. The molecule has 0 spiro atoms. The maximum Gasteiger partial charge on any atom is 0.328 e. The Labute approximate surface area is 105 Å². The van der Waals surface area contributed by atoms with Gasteiger partial charge in [-0.15, -0.1) is 0 Å². The van der Waals surface area contributed by atoms with Crippen molar-refractivity contribution in [1.82, 2.24) is 0 Å². The molecule has 5 nitrogen and oxygen atoms in total. The summed E-state index contributed by atoms with van der Waals surface area (Å²) in [5.74, 6) is -1.30. The Bertz CT molecular complexity index is 480. The van der Waals surface area contributed by atoms with Crippen molar-refractivity contribution in [2.24, 2.45) is 0 Å². The Balaban J connectivity index is 2.73. The molecular formula is C13H15NO4. The summed E-state index contributed by atoms with van der Waals surface area (Å²) in [6.07, 6.45) is 3.28. The number of esters is 1. The second kappa shape index (κ2) is 6.44. The van der Waals surface area contributed by atoms with Crippen molar-refractivity contribution in [3.8, 4) is 0 Å². The van der Waals surface area contributed by atoms with Gasteiger partial charge in [0, 0.05) is 18.2 Å². The number of methoxy groups -OCH3 is 1. The third kappa shape index (κ3) is 4.29. The second-order valence-electron chi connectivity index (χ2n) is 3.71. The van der Waals surface area contributed by atoms with Crippen LogP contribution in [-0.2, 0) is 20.7 Å². The van der Waals surface area contributed by atoms with E-state index in [-0.39, 0.29) is 12.4 Å². The molecule has 1 rings (SSSR count). The molecule has 5 heteroatoms. The lowest BCUT2D eigenvalue weighted by molar-refractivity contribution is -0.140. The van der Waals surface area contributed by atoms with Gasteiger partial charge in [0.1, 0.15) is 0 Å². The smallest absolute Gasteiger partial charge is 0.328 e. The minimum absolute atomic E-state index is 0.269. The molecule has 3 N–H and O–H groups in total. The molecule has 0 aliphatic rings. The molecule has 1 aromatic rings. The van der Waals surface area contributed by atoms with Crippen LogP contribution in [-0.4, -0.2) is 24.2 Å². The van der Waals surface area contributed by atoms with Crippen LogP contribution in [0.5, 0.6) is 0 Å². The molecule has 0 heterocycles. The van der Waals surface area contributed by atoms with Crippen LogP contribution < -0.4 is 5.73 Å². The molecule has 0 bridgehead atoms. The molecule has 0 amide bonds. The summed E-state index contributed by atoms with van der Waals surface area (Å²) in [6.45, 7) is 0. The van der Waals surface area contributed by atoms with E-state index in [2.05, 4.69) is 4.74 Å². The molecule has 0 unspecified atom stereocenters. The van der Waals surface area contributed by atoms with Crippen LogP contribution in [0.4, 0.5) is 5.69 Å². The molecule has 0 saturated carbocycles. The minimum atomic E-state index is -1.01. The average Bonchev–Trinajstić information content (AvgIpc) is 2.34. The maximum absolute atomic E-state index is 11.0. The van der Waals surface area contributed by atoms with Gasteiger partial charge in [-0.05, 0) is 29.7 Å². The van der Waals surface area contributed by atoms with E-state index in [4.69, 9.17) is 10.8 Å². The van der Waals surface area contributed by atoms with E-state index >= 15 is 0 Å². The van der Waals surface area contributed by atoms with Crippen LogP contribution in [0.25, 0.3) is 6.08 Å². The van der Waals surface area contributed by atoms with Gasteiger partial charge < -0.3 is 15.6 Å². The van der Waals surface area contributed by atoms with Crippen molar-refractivity contribution in [2.45, 2.75) is 12.8 Å². The highest BCUT2D eigenvalue weighted by atomic mass is 16.5. The van der Waals surface area contributed by atoms with Gasteiger partial charge in [-0.1, -0.05) is 12.1 Å². The second-order valence-corrected chi connectivity index (χ2v) is 3.71. The predicted molar refractivity (Wildman–Crippen MR) is 67.9 cm³/mol. The summed E-state index contributed by atoms with van der Waals surface area (Å²) >= 11 is 0. The Morgan fingerprint density at radius 3 is 2.72 bits per heavy atom. The first-order valence-electron chi connectivity index (χ1n) is 5.39. The first kappa shape index (κ1) is 13.8. The number of hydrogen-bond donors (Lipinski definition) is 2. The Kier molecular flexibility index (Phi) is 4.92. The number of benzene rings is 1. The summed E-state index contributed by atoms with van der Waals surface area (Å²) in [5.41, 5.74) is 7.90. The Morgan fingerprint density at radius 2 is 2.17 bits per heavy atom. The first-order chi connectivity index (χ1) is 8.52. The van der Waals surface area contributed by atoms with Gasteiger partial charge in [0.05, 0.1) is 7.11 Å². The van der Waals surface area contributed by atoms with Gasteiger partial charge in [0.25, 0.3) is 0 Å². The predicted octanol–water partition coefficient (Wildman–Crippen LogP) is 1.47. The third-order valence-electron chi connectivity index (χ3n) is 2.41. The normalized spacial score (nSPS) is 10.5. The fourth-order valence-corrected chi connectivity index (χ4v) is 1.45. The van der Waals surface area contributed by atoms with Crippen molar-refractivity contribution < 1.29 is 19.4 Å². The lowest BCUT2D eigenvalue weighted by Gasteiger charge is -2.06. The number of carbonyl (C=O) groups is 2. The van der Waals surface area contributed by atoms with Gasteiger partial charge >= 0.3 is 11.9 Å². The number of anilines is 1. The molecule has 0 fully saturated rings. The van der Waals surface area contributed by atoms with Crippen molar-refractivity contribution in [2.75, 3.05) is 12.8 Å². The lowest BCUT2D eigenvalue weighted by atomic mass is 10.0. The van der Waals surface area contributed by atoms with Gasteiger partial charge in [0.2, 0.25) is 0 Å². The van der Waals surface area contributed by atoms with Crippen molar-refractivity contribution in [1.29, 1.82) is 0 Å². The summed E-state index contributed by atoms with van der Waals surface area (Å²) in [5, 5.41) is 8.50. The summed E-state index contributed by atoms with van der Waals surface area (Å²) in [7, 11) is 1.34. The van der Waals surface area contributed by atoms with E-state index in [1.54, 1.807) is 18.2 Å². The van der Waals surface area contributed by atoms with Crippen LogP contribution in [0.2, 0.25) is 0 Å². The monoisotopic (exact) mass is 249 g/mol. The maximum atomic E-state index is 11.0. The van der Waals surface area contributed by atoms with Gasteiger partial charge in [-0.25, -0.2) is 4.79 Å². The zero-order chi connectivity index (χ0) is 13.5. The number of carboxylic acid groups (broad SMARTS) is 1. The van der Waals surface area contributed by atoms with E-state index in [0.29, 0.717) is 17.7 Å². The molecule has 0 saturated heterocycles. The fraction of sp³-hybridized carbons (Fsp3) is 0.231. The van der Waals surface area contributed by atoms with Crippen LogP contribution in [0, 0.1) is 0 Å². The average molecular weight is 249 g/mol. The highest BCUT2D eigenvalue weighted by Gasteiger charge is 2.04. The molecular weight excluding hydrogens is 234 g/mol. The van der Waals surface area contributed by atoms with Crippen molar-refractivity contribution in [3.05, 3.63) is 35.4 Å². The summed E-state index contributed by atoms with van der Waals surface area (Å²) in [4.78, 5) is 21.4. The summed E-state index contributed by atoms with van der Waals surface area (Å²) in [6, 6.07) is 5.20. The van der Waals surface area contributed by atoms with E-state index in [9.17, 15) is 9.59 Å². The number of aliphatic carboxylic acids is 1. The van der Waals surface area contributed by atoms with E-state index in [1.165, 1.54) is 13.2 Å². The number of rotatable bonds is 5. The molecule has 96 valence electrons. The lowest BCUT2D eigenvalue weighted by Crippen LogP contribution is -2.03. The zero-order valence-electron chi connectivity index (χ0n) is 10.1. The van der Waals surface area contributed by atoms with Crippen molar-refractivity contribution in [3.63, 3.8) is 0 Å². The zero-order valence-corrected chi connectivity index (χ0v) is 10.1. The Morgan fingerprint density at radius 1 is 1.44 bits per heavy atom. The molecule has 0 aromatic heterocycles. The SMILES string of the molecule is COC(=O)CCc1ccc(/C=C/C(=O)O)cc1N. The molecule has 0 radical (unpaired) electrons. The third-order valence-corrected chi connectivity index (χ3v) is 2.41. The number of nitrogens with two attached hydrogens (primary N) is 1. The molecule has 0 atom stereocenters. The quantitative estimate of drug-likeness (QED) is 0.468. The van der Waals surface area contributed by atoms with Crippen molar-refractivity contribution >= 4 is 23.7 Å². The van der Waals surface area contributed by atoms with Gasteiger partial charge in [0.15, 0.2) is 0 Å². The highest BCUT2D eigenvalue weighted by molar-refractivity contribution is 5.85. The summed E-state index contributed by atoms with van der Waals surface area (Å²) < 4.78 is 4.54. The number of nitrogen functional groups attached to an aromatic ring is 1. The number of hydrogen-bond acceptors (Lipinski definition) is 4. The van der Waals surface area contributed by atoms with Gasteiger partial charge in [-0.2, -0.15) is 0 Å². The molecule has 1 aromatic carbocycles. The number of carbonyl (C=O) groups excluding carboxylic acids is 1. The highest BCUT2D eigenvalue weighted by Crippen LogP contribution is 2.17. The van der Waals surface area contributed by atoms with Crippen LogP contribution in [0.15, 0.2) is 24.3 Å². The van der Waals surface area contributed by atoms with Gasteiger partial charge in [-0.3, -0.25) is 4.79 Å². The van der Waals surface area contributed by atoms with E-state index in [0.717, 1.165) is 11.6 Å². The molecule has 18 heavy (non-hydrogen) atoms. The van der Waals surface area contributed by atoms with E-state index in [1.807, 2.05) is 0 Å². The van der Waals surface area contributed by atoms with Crippen LogP contribution >= 0.6 is 0 Å². The minimum Gasteiger partial charge on any atom is -0.478 e. The molecule has 0 aliphatic heterocycles. The van der Waals surface area contributed by atoms with Crippen LogP contribution in [0.1, 0.15) is 17.5 Å². The number of aryl methyl sites for hydroxylation is 1. The topological polar surface area (TPSA) is 89.6 Å². The number of ether oxygens (including phenoxy) is 1. The first-order valence-corrected chi connectivity index (χ1v) is 5.39. The van der Waals surface area contributed by atoms with E-state index < -0.39 is 5.97 Å². The Hall–Kier alpha value is -2.30. The fourth-order valence-electron chi connectivity index (χ4n) is 1.45. The van der Waals surface area contributed by atoms with Crippen LogP contribution in [0.3, 0.4) is 0 Å². The number of carboxylic acids is 1. The largest absolute Gasteiger partial charge is 0.478 e.